The largest absolute Gasteiger partial charge is 0.390 e. The Balaban J connectivity index is 3.56. The van der Waals surface area contributed by atoms with Gasteiger partial charge in [0.2, 0.25) is 0 Å². The molecule has 3 heteroatoms. The summed E-state index contributed by atoms with van der Waals surface area (Å²) in [5, 5.41) is 14.0. The maximum atomic E-state index is 8.43. The highest BCUT2D eigenvalue weighted by Crippen LogP contribution is 1.77. The predicted octanol–water partition coefficient (Wildman–Crippen LogP) is -0.0838. The highest BCUT2D eigenvalue weighted by molar-refractivity contribution is 5.82. The number of aliphatic hydroxyl groups is 1. The van der Waals surface area contributed by atoms with Gasteiger partial charge >= 0.3 is 0 Å². The van der Waals surface area contributed by atoms with Crippen LogP contribution in [0.4, 0.5) is 0 Å². The van der Waals surface area contributed by atoms with E-state index in [-0.39, 0.29) is 6.61 Å². The zero-order chi connectivity index (χ0) is 6.57. The van der Waals surface area contributed by atoms with E-state index < -0.39 is 0 Å². The molecule has 3 nitrogen and oxygen atoms in total. The Labute approximate surface area is 49.6 Å². The van der Waals surface area contributed by atoms with Crippen molar-refractivity contribution in [3.05, 3.63) is 0 Å². The monoisotopic (exact) mass is 116 g/mol. The minimum Gasteiger partial charge on any atom is -0.390 e. The standard InChI is InChI=1S/C5H12N2O/c1-5(4-8)6-7(2)3/h8H,4H2,1-3H3/b6-5+. The van der Waals surface area contributed by atoms with Crippen molar-refractivity contribution in [3.8, 4) is 0 Å². The number of rotatable bonds is 2. The lowest BCUT2D eigenvalue weighted by atomic mass is 10.5. The van der Waals surface area contributed by atoms with E-state index in [1.165, 1.54) is 0 Å². The van der Waals surface area contributed by atoms with Crippen molar-refractivity contribution in [3.63, 3.8) is 0 Å². The topological polar surface area (TPSA) is 35.8 Å². The first-order valence-corrected chi connectivity index (χ1v) is 2.49. The van der Waals surface area contributed by atoms with Gasteiger partial charge in [0.25, 0.3) is 0 Å². The fourth-order valence-electron chi connectivity index (χ4n) is 0.373. The molecular weight excluding hydrogens is 104 g/mol. The molecule has 0 atom stereocenters. The van der Waals surface area contributed by atoms with Gasteiger partial charge in [-0.15, -0.1) is 0 Å². The average molecular weight is 116 g/mol. The third kappa shape index (κ3) is 3.61. The molecule has 0 radical (unpaired) electrons. The zero-order valence-corrected chi connectivity index (χ0v) is 5.55. The van der Waals surface area contributed by atoms with Crippen molar-refractivity contribution in [2.24, 2.45) is 5.10 Å². The molecule has 0 aromatic carbocycles. The third-order valence-corrected chi connectivity index (χ3v) is 0.600. The second-order valence-corrected chi connectivity index (χ2v) is 1.84. The molecule has 0 saturated carbocycles. The van der Waals surface area contributed by atoms with E-state index in [0.717, 1.165) is 5.71 Å². The number of hydrogen-bond donors (Lipinski definition) is 1. The van der Waals surface area contributed by atoms with Crippen LogP contribution in [0.3, 0.4) is 0 Å². The molecular formula is C5H12N2O. The summed E-state index contributed by atoms with van der Waals surface area (Å²) in [7, 11) is 3.64. The molecule has 0 bridgehead atoms. The molecule has 0 aliphatic heterocycles. The van der Waals surface area contributed by atoms with Crippen molar-refractivity contribution in [1.82, 2.24) is 5.01 Å². The summed E-state index contributed by atoms with van der Waals surface area (Å²) < 4.78 is 0. The zero-order valence-electron chi connectivity index (χ0n) is 5.55. The summed E-state index contributed by atoms with van der Waals surface area (Å²) in [6, 6.07) is 0. The van der Waals surface area contributed by atoms with Crippen molar-refractivity contribution in [2.45, 2.75) is 6.92 Å². The third-order valence-electron chi connectivity index (χ3n) is 0.600. The first-order valence-electron chi connectivity index (χ1n) is 2.49. The van der Waals surface area contributed by atoms with Gasteiger partial charge in [0.1, 0.15) is 0 Å². The fraction of sp³-hybridized carbons (Fsp3) is 0.800. The van der Waals surface area contributed by atoms with Crippen LogP contribution < -0.4 is 0 Å². The summed E-state index contributed by atoms with van der Waals surface area (Å²) >= 11 is 0. The van der Waals surface area contributed by atoms with Gasteiger partial charge < -0.3 is 10.1 Å². The first kappa shape index (κ1) is 7.43. The van der Waals surface area contributed by atoms with E-state index >= 15 is 0 Å². The molecule has 0 rings (SSSR count). The molecule has 0 heterocycles. The summed E-state index contributed by atoms with van der Waals surface area (Å²) in [6.45, 7) is 1.82. The Morgan fingerprint density at radius 3 is 2.25 bits per heavy atom. The Kier molecular flexibility index (Phi) is 3.19. The van der Waals surface area contributed by atoms with E-state index in [1.54, 1.807) is 11.9 Å². The van der Waals surface area contributed by atoms with Gasteiger partial charge in [-0.25, -0.2) is 0 Å². The molecule has 48 valence electrons. The first-order chi connectivity index (χ1) is 3.66. The van der Waals surface area contributed by atoms with E-state index in [2.05, 4.69) is 5.10 Å². The van der Waals surface area contributed by atoms with Crippen LogP contribution in [0.15, 0.2) is 5.10 Å². The van der Waals surface area contributed by atoms with Crippen LogP contribution in [0.2, 0.25) is 0 Å². The minimum absolute atomic E-state index is 0.0399. The lowest BCUT2D eigenvalue weighted by Gasteiger charge is -2.03. The Hall–Kier alpha value is -0.570. The molecule has 0 fully saturated rings. The van der Waals surface area contributed by atoms with Gasteiger partial charge in [-0.05, 0) is 6.92 Å². The molecule has 0 aliphatic rings. The van der Waals surface area contributed by atoms with Crippen LogP contribution in [0.25, 0.3) is 0 Å². The van der Waals surface area contributed by atoms with Crippen LogP contribution in [0.1, 0.15) is 6.92 Å². The molecule has 0 aromatic heterocycles. The summed E-state index contributed by atoms with van der Waals surface area (Å²) in [5.74, 6) is 0. The highest BCUT2D eigenvalue weighted by Gasteiger charge is 1.84. The Morgan fingerprint density at radius 2 is 2.12 bits per heavy atom. The lowest BCUT2D eigenvalue weighted by molar-refractivity contribution is 0.348. The fourth-order valence-corrected chi connectivity index (χ4v) is 0.373. The number of hydrazone groups is 1. The maximum absolute atomic E-state index is 8.43. The maximum Gasteiger partial charge on any atom is 0.0828 e. The summed E-state index contributed by atoms with van der Waals surface area (Å²) in [4.78, 5) is 0. The molecule has 0 spiro atoms. The molecule has 0 saturated heterocycles. The van der Waals surface area contributed by atoms with Crippen LogP contribution in [0.5, 0.6) is 0 Å². The van der Waals surface area contributed by atoms with Gasteiger partial charge in [0, 0.05) is 14.1 Å². The molecule has 8 heavy (non-hydrogen) atoms. The second-order valence-electron chi connectivity index (χ2n) is 1.84. The van der Waals surface area contributed by atoms with E-state index in [1.807, 2.05) is 14.1 Å². The van der Waals surface area contributed by atoms with Gasteiger partial charge in [-0.3, -0.25) is 0 Å². The smallest absolute Gasteiger partial charge is 0.0828 e. The average Bonchev–Trinajstić information content (AvgIpc) is 1.65. The van der Waals surface area contributed by atoms with Gasteiger partial charge in [-0.1, -0.05) is 0 Å². The quantitative estimate of drug-likeness (QED) is 0.404. The normalized spacial score (nSPS) is 11.8. The van der Waals surface area contributed by atoms with Crippen molar-refractivity contribution in [2.75, 3.05) is 20.7 Å². The van der Waals surface area contributed by atoms with Crippen molar-refractivity contribution >= 4 is 5.71 Å². The molecule has 0 unspecified atom stereocenters. The Bertz CT molecular complexity index is 88.4. The molecule has 0 aromatic rings. The second kappa shape index (κ2) is 3.43. The summed E-state index contributed by atoms with van der Waals surface area (Å²) in [6.07, 6.45) is 0. The van der Waals surface area contributed by atoms with Crippen molar-refractivity contribution in [1.29, 1.82) is 0 Å². The van der Waals surface area contributed by atoms with E-state index in [0.29, 0.717) is 0 Å². The lowest BCUT2D eigenvalue weighted by Crippen LogP contribution is -2.08. The van der Waals surface area contributed by atoms with Crippen molar-refractivity contribution < 1.29 is 5.11 Å². The van der Waals surface area contributed by atoms with Gasteiger partial charge in [-0.2, -0.15) is 5.10 Å². The van der Waals surface area contributed by atoms with Crippen LogP contribution in [0, 0.1) is 0 Å². The predicted molar refractivity (Wildman–Crippen MR) is 33.9 cm³/mol. The minimum atomic E-state index is 0.0399. The number of hydrogen-bond acceptors (Lipinski definition) is 3. The van der Waals surface area contributed by atoms with Crippen LogP contribution in [-0.4, -0.2) is 36.5 Å². The molecule has 1 N–H and O–H groups in total. The van der Waals surface area contributed by atoms with Gasteiger partial charge in [0.15, 0.2) is 0 Å². The van der Waals surface area contributed by atoms with E-state index in [4.69, 9.17) is 5.11 Å². The van der Waals surface area contributed by atoms with Crippen LogP contribution >= 0.6 is 0 Å². The van der Waals surface area contributed by atoms with Gasteiger partial charge in [0.05, 0.1) is 12.3 Å². The highest BCUT2D eigenvalue weighted by atomic mass is 16.3. The Morgan fingerprint density at radius 1 is 1.62 bits per heavy atom. The number of aliphatic hydroxyl groups excluding tert-OH is 1. The van der Waals surface area contributed by atoms with Crippen LogP contribution in [-0.2, 0) is 0 Å². The molecule has 0 aliphatic carbocycles. The summed E-state index contributed by atoms with van der Waals surface area (Å²) in [5.41, 5.74) is 0.731. The van der Waals surface area contributed by atoms with E-state index in [9.17, 15) is 0 Å². The molecule has 0 amide bonds. The number of nitrogens with zero attached hydrogens (tertiary/aromatic N) is 2. The SMILES string of the molecule is C/C(CO)=N\N(C)C.